The largest absolute Gasteiger partial charge is 0.384 e. The number of nitrogens with zero attached hydrogens (tertiary/aromatic N) is 4. The van der Waals surface area contributed by atoms with Crippen molar-refractivity contribution < 1.29 is 0 Å². The maximum absolute atomic E-state index is 4.55. The SMILES string of the molecule is c1cc2c(c(CN3Cc4ncnc(Nc5cnc6ccccc6c5)c4C3)c1)NCC2. The lowest BCUT2D eigenvalue weighted by Crippen LogP contribution is -2.16. The third-order valence-corrected chi connectivity index (χ3v) is 5.97. The van der Waals surface area contributed by atoms with Crippen LogP contribution in [-0.4, -0.2) is 26.4 Å². The summed E-state index contributed by atoms with van der Waals surface area (Å²) >= 11 is 0. The first-order valence-corrected chi connectivity index (χ1v) is 10.3. The summed E-state index contributed by atoms with van der Waals surface area (Å²) in [5.74, 6) is 0.871. The first-order chi connectivity index (χ1) is 14.8. The van der Waals surface area contributed by atoms with Crippen molar-refractivity contribution in [1.82, 2.24) is 19.9 Å². The maximum Gasteiger partial charge on any atom is 0.138 e. The molecule has 6 nitrogen and oxygen atoms in total. The van der Waals surface area contributed by atoms with E-state index in [0.29, 0.717) is 0 Å². The molecule has 30 heavy (non-hydrogen) atoms. The molecule has 0 spiro atoms. The highest BCUT2D eigenvalue weighted by Gasteiger charge is 2.25. The second kappa shape index (κ2) is 7.07. The fourth-order valence-corrected chi connectivity index (χ4v) is 4.52. The van der Waals surface area contributed by atoms with Crippen LogP contribution >= 0.6 is 0 Å². The Morgan fingerprint density at radius 2 is 1.97 bits per heavy atom. The molecule has 6 rings (SSSR count). The zero-order valence-corrected chi connectivity index (χ0v) is 16.6. The van der Waals surface area contributed by atoms with Gasteiger partial charge in [0.1, 0.15) is 12.1 Å². The van der Waals surface area contributed by atoms with Crippen molar-refractivity contribution in [2.45, 2.75) is 26.1 Å². The van der Waals surface area contributed by atoms with E-state index in [1.807, 2.05) is 24.4 Å². The van der Waals surface area contributed by atoms with Crippen LogP contribution in [0, 0.1) is 0 Å². The van der Waals surface area contributed by atoms with Crippen molar-refractivity contribution in [2.24, 2.45) is 0 Å². The molecule has 0 saturated heterocycles. The number of rotatable bonds is 4. The molecule has 2 aromatic carbocycles. The van der Waals surface area contributed by atoms with Crippen LogP contribution in [0.15, 0.2) is 61.1 Å². The number of hydrogen-bond acceptors (Lipinski definition) is 6. The van der Waals surface area contributed by atoms with Crippen LogP contribution in [0.4, 0.5) is 17.2 Å². The molecule has 4 heterocycles. The summed E-state index contributed by atoms with van der Waals surface area (Å²) in [6, 6.07) is 16.9. The van der Waals surface area contributed by atoms with Crippen LogP contribution in [0.3, 0.4) is 0 Å². The van der Waals surface area contributed by atoms with Gasteiger partial charge in [-0.2, -0.15) is 0 Å². The topological polar surface area (TPSA) is 66.0 Å². The average molecular weight is 394 g/mol. The lowest BCUT2D eigenvalue weighted by atomic mass is 10.1. The molecule has 0 atom stereocenters. The number of nitrogens with one attached hydrogen (secondary N) is 2. The zero-order valence-electron chi connectivity index (χ0n) is 16.6. The third-order valence-electron chi connectivity index (χ3n) is 5.97. The van der Waals surface area contributed by atoms with Crippen molar-refractivity contribution in [2.75, 3.05) is 17.2 Å². The van der Waals surface area contributed by atoms with E-state index in [4.69, 9.17) is 0 Å². The number of aromatic nitrogens is 3. The van der Waals surface area contributed by atoms with Gasteiger partial charge in [-0.3, -0.25) is 9.88 Å². The van der Waals surface area contributed by atoms with Gasteiger partial charge >= 0.3 is 0 Å². The van der Waals surface area contributed by atoms with Crippen LogP contribution in [0.25, 0.3) is 10.9 Å². The molecule has 0 fully saturated rings. The van der Waals surface area contributed by atoms with Crippen molar-refractivity contribution in [1.29, 1.82) is 0 Å². The Hall–Kier alpha value is -3.51. The quantitative estimate of drug-likeness (QED) is 0.539. The molecule has 2 N–H and O–H groups in total. The number of hydrogen-bond donors (Lipinski definition) is 2. The van der Waals surface area contributed by atoms with Crippen molar-refractivity contribution in [3.8, 4) is 0 Å². The van der Waals surface area contributed by atoms with Crippen LogP contribution in [0.5, 0.6) is 0 Å². The van der Waals surface area contributed by atoms with Gasteiger partial charge in [-0.05, 0) is 29.7 Å². The molecule has 6 heteroatoms. The Labute approximate surface area is 175 Å². The summed E-state index contributed by atoms with van der Waals surface area (Å²) < 4.78 is 0. The van der Waals surface area contributed by atoms with E-state index in [1.165, 1.54) is 22.4 Å². The Balaban J connectivity index is 1.24. The Morgan fingerprint density at radius 3 is 2.97 bits per heavy atom. The number of para-hydroxylation sites is 2. The van der Waals surface area contributed by atoms with E-state index in [0.717, 1.165) is 60.7 Å². The smallest absolute Gasteiger partial charge is 0.138 e. The summed E-state index contributed by atoms with van der Waals surface area (Å²) in [6.07, 6.45) is 4.63. The summed E-state index contributed by atoms with van der Waals surface area (Å²) in [7, 11) is 0. The molecular weight excluding hydrogens is 372 g/mol. The number of benzene rings is 2. The third kappa shape index (κ3) is 3.06. The predicted octanol–water partition coefficient (Wildman–Crippen LogP) is 4.25. The van der Waals surface area contributed by atoms with Gasteiger partial charge in [-0.25, -0.2) is 9.97 Å². The van der Waals surface area contributed by atoms with Crippen LogP contribution in [0.1, 0.15) is 22.4 Å². The second-order valence-corrected chi connectivity index (χ2v) is 7.96. The minimum Gasteiger partial charge on any atom is -0.384 e. The lowest BCUT2D eigenvalue weighted by molar-refractivity contribution is 0.274. The molecule has 4 aromatic rings. The van der Waals surface area contributed by atoms with Crippen molar-refractivity contribution >= 4 is 28.1 Å². The fraction of sp³-hybridized carbons (Fsp3) is 0.208. The van der Waals surface area contributed by atoms with Gasteiger partial charge in [-0.15, -0.1) is 0 Å². The van der Waals surface area contributed by atoms with E-state index in [9.17, 15) is 0 Å². The highest BCUT2D eigenvalue weighted by Crippen LogP contribution is 2.32. The Bertz CT molecular complexity index is 1250. The molecule has 0 amide bonds. The van der Waals surface area contributed by atoms with Crippen LogP contribution in [0.2, 0.25) is 0 Å². The molecular formula is C24H22N6. The highest BCUT2D eigenvalue weighted by atomic mass is 15.2. The Morgan fingerprint density at radius 1 is 1.00 bits per heavy atom. The molecule has 2 aromatic heterocycles. The fourth-order valence-electron chi connectivity index (χ4n) is 4.52. The summed E-state index contributed by atoms with van der Waals surface area (Å²) in [6.45, 7) is 3.62. The minimum atomic E-state index is 0.836. The molecule has 148 valence electrons. The predicted molar refractivity (Wildman–Crippen MR) is 119 cm³/mol. The summed E-state index contributed by atoms with van der Waals surface area (Å²) in [4.78, 5) is 16.1. The highest BCUT2D eigenvalue weighted by molar-refractivity contribution is 5.82. The molecule has 0 aliphatic carbocycles. The standard InChI is InChI=1S/C24H22N6/c1-2-7-21-17(4-1)10-19(11-26-21)29-24-20-13-30(14-22(20)27-15-28-24)12-18-6-3-5-16-8-9-25-23(16)18/h1-7,10-11,15,25H,8-9,12-14H2,(H,27,28,29). The van der Waals surface area contributed by atoms with Gasteiger partial charge in [0.15, 0.2) is 0 Å². The summed E-state index contributed by atoms with van der Waals surface area (Å²) in [5.41, 5.74) is 8.31. The average Bonchev–Trinajstić information content (AvgIpc) is 3.41. The zero-order chi connectivity index (χ0) is 19.9. The number of pyridine rings is 1. The van der Waals surface area contributed by atoms with Gasteiger partial charge < -0.3 is 10.6 Å². The monoisotopic (exact) mass is 394 g/mol. The normalized spacial score (nSPS) is 15.1. The van der Waals surface area contributed by atoms with Gasteiger partial charge in [0.25, 0.3) is 0 Å². The first kappa shape index (κ1) is 17.4. The molecule has 0 bridgehead atoms. The summed E-state index contributed by atoms with van der Waals surface area (Å²) in [5, 5.41) is 8.13. The van der Waals surface area contributed by atoms with Gasteiger partial charge in [-0.1, -0.05) is 36.4 Å². The van der Waals surface area contributed by atoms with E-state index in [1.54, 1.807) is 6.33 Å². The van der Waals surface area contributed by atoms with Gasteiger partial charge in [0.05, 0.1) is 23.1 Å². The Kier molecular flexibility index (Phi) is 4.09. The molecule has 0 saturated carbocycles. The van der Waals surface area contributed by atoms with Crippen molar-refractivity contribution in [3.63, 3.8) is 0 Å². The molecule has 2 aliphatic heterocycles. The maximum atomic E-state index is 4.55. The minimum absolute atomic E-state index is 0.836. The van der Waals surface area contributed by atoms with Gasteiger partial charge in [0, 0.05) is 42.8 Å². The number of anilines is 3. The van der Waals surface area contributed by atoms with E-state index >= 15 is 0 Å². The number of fused-ring (bicyclic) bond motifs is 3. The second-order valence-electron chi connectivity index (χ2n) is 7.96. The van der Waals surface area contributed by atoms with E-state index in [-0.39, 0.29) is 0 Å². The molecule has 0 unspecified atom stereocenters. The van der Waals surface area contributed by atoms with E-state index < -0.39 is 0 Å². The first-order valence-electron chi connectivity index (χ1n) is 10.3. The van der Waals surface area contributed by atoms with Gasteiger partial charge in [0.2, 0.25) is 0 Å². The van der Waals surface area contributed by atoms with Crippen LogP contribution < -0.4 is 10.6 Å². The van der Waals surface area contributed by atoms with E-state index in [2.05, 4.69) is 60.8 Å². The van der Waals surface area contributed by atoms with Crippen LogP contribution in [-0.2, 0) is 26.1 Å². The van der Waals surface area contributed by atoms with Crippen molar-refractivity contribution in [3.05, 3.63) is 83.4 Å². The molecule has 2 aliphatic rings. The lowest BCUT2D eigenvalue weighted by Gasteiger charge is -2.17. The molecule has 0 radical (unpaired) electrons.